The molecule has 2 saturated heterocycles. The molecule has 37 heavy (non-hydrogen) atoms. The van der Waals surface area contributed by atoms with E-state index in [0.29, 0.717) is 43.5 Å². The van der Waals surface area contributed by atoms with Crippen LogP contribution in [0.3, 0.4) is 0 Å². The molecule has 0 bridgehead atoms. The van der Waals surface area contributed by atoms with Gasteiger partial charge in [-0.3, -0.25) is 0 Å². The minimum atomic E-state index is -4.20. The maximum absolute atomic E-state index is 14.2. The Morgan fingerprint density at radius 3 is 2.19 bits per heavy atom. The Kier molecular flexibility index (Phi) is 7.17. The van der Waals surface area contributed by atoms with Crippen molar-refractivity contribution in [2.75, 3.05) is 18.8 Å². The molecule has 0 spiro atoms. The predicted octanol–water partition coefficient (Wildman–Crippen LogP) is 4.08. The van der Waals surface area contributed by atoms with Gasteiger partial charge in [-0.15, -0.1) is 0 Å². The van der Waals surface area contributed by atoms with Gasteiger partial charge in [-0.05, 0) is 80.5 Å². The smallest absolute Gasteiger partial charge is 0.243 e. The van der Waals surface area contributed by atoms with Crippen molar-refractivity contribution in [1.82, 2.24) is 8.61 Å². The summed E-state index contributed by atoms with van der Waals surface area (Å²) in [5, 5.41) is 10.2. The average molecular weight is 575 g/mol. The summed E-state index contributed by atoms with van der Waals surface area (Å²) >= 11 is 5.98. The maximum atomic E-state index is 14.2. The number of hydrogen-bond acceptors (Lipinski definition) is 5. The predicted molar refractivity (Wildman–Crippen MR) is 135 cm³/mol. The highest BCUT2D eigenvalue weighted by Crippen LogP contribution is 2.57. The zero-order valence-corrected chi connectivity index (χ0v) is 22.5. The van der Waals surface area contributed by atoms with Crippen LogP contribution >= 0.6 is 11.6 Å². The summed E-state index contributed by atoms with van der Waals surface area (Å²) in [4.78, 5) is -0.0213. The van der Waals surface area contributed by atoms with Crippen molar-refractivity contribution in [2.24, 2.45) is 5.41 Å². The lowest BCUT2D eigenvalue weighted by molar-refractivity contribution is 0.126. The first-order valence-corrected chi connectivity index (χ1v) is 15.8. The largest absolute Gasteiger partial charge is 0.392 e. The Bertz CT molecular complexity index is 1360. The van der Waals surface area contributed by atoms with Crippen LogP contribution in [0.4, 0.5) is 8.78 Å². The molecular weight excluding hydrogens is 546 g/mol. The fourth-order valence-electron chi connectivity index (χ4n) is 5.85. The van der Waals surface area contributed by atoms with E-state index in [2.05, 4.69) is 0 Å². The summed E-state index contributed by atoms with van der Waals surface area (Å²) in [6.07, 6.45) is 2.03. The van der Waals surface area contributed by atoms with Crippen LogP contribution in [0.1, 0.15) is 50.1 Å². The molecule has 5 rings (SSSR count). The van der Waals surface area contributed by atoms with E-state index in [-0.39, 0.29) is 29.3 Å². The van der Waals surface area contributed by atoms with Crippen molar-refractivity contribution in [3.63, 3.8) is 0 Å². The molecule has 1 saturated carbocycles. The van der Waals surface area contributed by atoms with E-state index in [1.54, 1.807) is 0 Å². The third-order valence-electron chi connectivity index (χ3n) is 7.82. The third kappa shape index (κ3) is 5.31. The second-order valence-electron chi connectivity index (χ2n) is 10.4. The standard InChI is InChI=1S/C25H29ClF2N2O5S2/c26-18-4-6-22(7-5-18)37(34,35)30-23(17-12-19(27)14-20(28)13-17)2-1-3-24(30)25(9-10-25)16-36(32,33)29-11-8-21(31)15-29/h4-7,12-14,21,23-24,31H,1-3,8-11,15-16H2/t21-,23-,24+/m0/s1. The molecule has 2 aliphatic heterocycles. The first-order valence-electron chi connectivity index (χ1n) is 12.3. The van der Waals surface area contributed by atoms with Crippen LogP contribution in [0.15, 0.2) is 47.4 Å². The Morgan fingerprint density at radius 1 is 0.973 bits per heavy atom. The van der Waals surface area contributed by atoms with E-state index in [1.807, 2.05) is 0 Å². The van der Waals surface area contributed by atoms with Crippen LogP contribution in [0, 0.1) is 17.0 Å². The number of halogens is 3. The topological polar surface area (TPSA) is 95.0 Å². The highest BCUT2D eigenvalue weighted by Gasteiger charge is 2.59. The normalized spacial score (nSPS) is 26.9. The van der Waals surface area contributed by atoms with Gasteiger partial charge in [0.25, 0.3) is 0 Å². The quantitative estimate of drug-likeness (QED) is 0.538. The van der Waals surface area contributed by atoms with Crippen LogP contribution in [0.25, 0.3) is 0 Å². The molecule has 202 valence electrons. The van der Waals surface area contributed by atoms with Gasteiger partial charge in [-0.1, -0.05) is 11.6 Å². The zero-order chi connectivity index (χ0) is 26.6. The van der Waals surface area contributed by atoms with Gasteiger partial charge in [0, 0.05) is 35.6 Å². The Hall–Kier alpha value is -1.63. The number of β-amino-alcohol motifs (C(OH)–C–C–N with tert-alkyl or cyclic N) is 1. The van der Waals surface area contributed by atoms with Crippen LogP contribution < -0.4 is 0 Å². The molecule has 1 N–H and O–H groups in total. The van der Waals surface area contributed by atoms with Crippen LogP contribution in [-0.4, -0.2) is 61.5 Å². The molecule has 0 aromatic heterocycles. The Balaban J connectivity index is 1.57. The summed E-state index contributed by atoms with van der Waals surface area (Å²) in [6.45, 7) is 0.253. The Morgan fingerprint density at radius 2 is 1.62 bits per heavy atom. The molecule has 1 aliphatic carbocycles. The first-order chi connectivity index (χ1) is 17.4. The van der Waals surface area contributed by atoms with Crippen molar-refractivity contribution in [3.8, 4) is 0 Å². The highest BCUT2D eigenvalue weighted by atomic mass is 35.5. The van der Waals surface area contributed by atoms with Crippen molar-refractivity contribution in [3.05, 3.63) is 64.7 Å². The van der Waals surface area contributed by atoms with Gasteiger partial charge in [0.05, 0.1) is 22.8 Å². The van der Waals surface area contributed by atoms with E-state index in [1.165, 1.54) is 32.9 Å². The molecule has 3 atom stereocenters. The van der Waals surface area contributed by atoms with E-state index in [4.69, 9.17) is 11.6 Å². The number of piperidine rings is 1. The van der Waals surface area contributed by atoms with E-state index in [0.717, 1.165) is 18.2 Å². The van der Waals surface area contributed by atoms with Crippen LogP contribution in [-0.2, 0) is 20.0 Å². The first kappa shape index (κ1) is 27.0. The summed E-state index contributed by atoms with van der Waals surface area (Å²) in [6, 6.07) is 7.16. The molecule has 0 unspecified atom stereocenters. The van der Waals surface area contributed by atoms with Crippen LogP contribution in [0.2, 0.25) is 5.02 Å². The number of nitrogens with zero attached hydrogens (tertiary/aromatic N) is 2. The van der Waals surface area contributed by atoms with Crippen molar-refractivity contribution in [1.29, 1.82) is 0 Å². The van der Waals surface area contributed by atoms with Gasteiger partial charge in [-0.25, -0.2) is 25.6 Å². The average Bonchev–Trinajstić information content (AvgIpc) is 3.46. The molecule has 2 heterocycles. The second kappa shape index (κ2) is 9.84. The van der Waals surface area contributed by atoms with Gasteiger partial charge < -0.3 is 5.11 Å². The minimum Gasteiger partial charge on any atom is -0.392 e. The number of benzene rings is 2. The number of hydrogen-bond donors (Lipinski definition) is 1. The highest BCUT2D eigenvalue weighted by molar-refractivity contribution is 7.89. The van der Waals surface area contributed by atoms with Gasteiger partial charge >= 0.3 is 0 Å². The van der Waals surface area contributed by atoms with Crippen molar-refractivity contribution >= 4 is 31.6 Å². The van der Waals surface area contributed by atoms with Gasteiger partial charge in [0.15, 0.2) is 0 Å². The summed E-state index contributed by atoms with van der Waals surface area (Å²) in [5.41, 5.74) is -0.628. The van der Waals surface area contributed by atoms with Gasteiger partial charge in [0.1, 0.15) is 11.6 Å². The summed E-state index contributed by atoms with van der Waals surface area (Å²) < 4.78 is 85.8. The van der Waals surface area contributed by atoms with Crippen LogP contribution in [0.5, 0.6) is 0 Å². The Labute approximate surface area is 221 Å². The van der Waals surface area contributed by atoms with Gasteiger partial charge in [-0.2, -0.15) is 8.61 Å². The molecule has 0 radical (unpaired) electrons. The fraction of sp³-hybridized carbons (Fsp3) is 0.520. The van der Waals surface area contributed by atoms with E-state index >= 15 is 0 Å². The maximum Gasteiger partial charge on any atom is 0.243 e. The monoisotopic (exact) mass is 574 g/mol. The summed E-state index contributed by atoms with van der Waals surface area (Å²) in [5.74, 6) is -1.86. The number of aliphatic hydroxyl groups excluding tert-OH is 1. The molecular formula is C25H29ClF2N2O5S2. The van der Waals surface area contributed by atoms with Crippen molar-refractivity contribution < 1.29 is 30.7 Å². The third-order valence-corrected chi connectivity index (χ3v) is 12.1. The number of rotatable bonds is 7. The lowest BCUT2D eigenvalue weighted by Crippen LogP contribution is -2.52. The molecule has 12 heteroatoms. The van der Waals surface area contributed by atoms with E-state index < -0.39 is 55.3 Å². The zero-order valence-electron chi connectivity index (χ0n) is 20.1. The fourth-order valence-corrected chi connectivity index (χ4v) is 10.1. The lowest BCUT2D eigenvalue weighted by atomic mass is 9.86. The van der Waals surface area contributed by atoms with Gasteiger partial charge in [0.2, 0.25) is 20.0 Å². The molecule has 2 aromatic rings. The number of sulfonamides is 2. The number of aliphatic hydroxyl groups is 1. The molecule has 7 nitrogen and oxygen atoms in total. The van der Waals surface area contributed by atoms with E-state index in [9.17, 15) is 30.7 Å². The summed E-state index contributed by atoms with van der Waals surface area (Å²) in [7, 11) is -7.95. The van der Waals surface area contributed by atoms with Crippen molar-refractivity contribution in [2.45, 2.75) is 61.6 Å². The molecule has 0 amide bonds. The molecule has 3 fully saturated rings. The SMILES string of the molecule is O=S(=O)(CC1([C@H]2CCC[C@@H](c3cc(F)cc(F)c3)N2S(=O)(=O)c2ccc(Cl)cc2)CC1)N1CC[C@H](O)C1. The lowest BCUT2D eigenvalue weighted by Gasteiger charge is -2.45. The minimum absolute atomic E-state index is 0.0213. The molecule has 2 aromatic carbocycles. The second-order valence-corrected chi connectivity index (χ2v) is 14.6. The molecule has 3 aliphatic rings.